The summed E-state index contributed by atoms with van der Waals surface area (Å²) in [4.78, 5) is 23.2. The molecule has 6 heteroatoms. The van der Waals surface area contributed by atoms with Gasteiger partial charge in [0.15, 0.2) is 0 Å². The van der Waals surface area contributed by atoms with Crippen molar-refractivity contribution in [2.45, 2.75) is 26.3 Å². The molecule has 0 aliphatic rings. The molecule has 4 N–H and O–H groups in total. The van der Waals surface area contributed by atoms with E-state index in [1.54, 1.807) is 19.1 Å². The topological polar surface area (TPSA) is 92.4 Å². The van der Waals surface area contributed by atoms with Gasteiger partial charge in [-0.25, -0.2) is 4.79 Å². The molecule has 0 saturated carbocycles. The van der Waals surface area contributed by atoms with Gasteiger partial charge in [0.1, 0.15) is 6.04 Å². The Morgan fingerprint density at radius 2 is 2.05 bits per heavy atom. The summed E-state index contributed by atoms with van der Waals surface area (Å²) in [7, 11) is 0. The number of benzene rings is 1. The monoisotopic (exact) mass is 328 g/mol. The summed E-state index contributed by atoms with van der Waals surface area (Å²) < 4.78 is 0.674. The van der Waals surface area contributed by atoms with Gasteiger partial charge in [-0.05, 0) is 24.1 Å². The first kappa shape index (κ1) is 15.5. The van der Waals surface area contributed by atoms with Crippen LogP contribution in [-0.4, -0.2) is 23.0 Å². The molecule has 0 radical (unpaired) electrons. The highest BCUT2D eigenvalue weighted by Crippen LogP contribution is 2.18. The standard InChI is InChI=1S/C13H17BrN2O3/c1-3-7(2)11(13(18)19)16-12(17)8-4-9(14)6-10(15)5-8/h4-7,11H,3,15H2,1-2H3,(H,16,17)(H,18,19)/t7?,11-/m0/s1. The zero-order chi connectivity index (χ0) is 14.6. The van der Waals surface area contributed by atoms with E-state index in [9.17, 15) is 9.59 Å². The Morgan fingerprint density at radius 1 is 1.42 bits per heavy atom. The summed E-state index contributed by atoms with van der Waals surface area (Å²) in [5, 5.41) is 11.7. The van der Waals surface area contributed by atoms with Crippen LogP contribution in [0.1, 0.15) is 30.6 Å². The second-order valence-electron chi connectivity index (χ2n) is 4.45. The molecule has 0 aliphatic heterocycles. The van der Waals surface area contributed by atoms with E-state index in [-0.39, 0.29) is 5.92 Å². The molecule has 0 fully saturated rings. The molecule has 1 aromatic rings. The van der Waals surface area contributed by atoms with Crippen LogP contribution in [-0.2, 0) is 4.79 Å². The van der Waals surface area contributed by atoms with Crippen LogP contribution in [0.4, 0.5) is 5.69 Å². The Labute approximate surface area is 120 Å². The predicted molar refractivity (Wildman–Crippen MR) is 76.9 cm³/mol. The highest BCUT2D eigenvalue weighted by Gasteiger charge is 2.25. The lowest BCUT2D eigenvalue weighted by Crippen LogP contribution is -2.45. The van der Waals surface area contributed by atoms with E-state index < -0.39 is 17.9 Å². The number of carbonyl (C=O) groups excluding carboxylic acids is 1. The molecule has 0 heterocycles. The summed E-state index contributed by atoms with van der Waals surface area (Å²) in [6.07, 6.45) is 0.665. The average Bonchev–Trinajstić information content (AvgIpc) is 2.33. The maximum Gasteiger partial charge on any atom is 0.326 e. The highest BCUT2D eigenvalue weighted by atomic mass is 79.9. The van der Waals surface area contributed by atoms with Crippen LogP contribution >= 0.6 is 15.9 Å². The van der Waals surface area contributed by atoms with Crippen LogP contribution in [0, 0.1) is 5.92 Å². The number of halogens is 1. The number of carbonyl (C=O) groups is 2. The largest absolute Gasteiger partial charge is 0.480 e. The second-order valence-corrected chi connectivity index (χ2v) is 5.36. The van der Waals surface area contributed by atoms with Crippen LogP contribution in [0.3, 0.4) is 0 Å². The summed E-state index contributed by atoms with van der Waals surface area (Å²) in [6, 6.07) is 3.87. The van der Waals surface area contributed by atoms with Crippen molar-refractivity contribution in [3.63, 3.8) is 0 Å². The maximum atomic E-state index is 12.0. The van der Waals surface area contributed by atoms with Crippen LogP contribution in [0.25, 0.3) is 0 Å². The van der Waals surface area contributed by atoms with Gasteiger partial charge in [-0.1, -0.05) is 36.2 Å². The Hall–Kier alpha value is -1.56. The molecular formula is C13H17BrN2O3. The summed E-state index contributed by atoms with van der Waals surface area (Å²) >= 11 is 3.24. The molecule has 1 rings (SSSR count). The molecule has 19 heavy (non-hydrogen) atoms. The van der Waals surface area contributed by atoms with Crippen molar-refractivity contribution in [3.05, 3.63) is 28.2 Å². The number of carboxylic acid groups (broad SMARTS) is 1. The van der Waals surface area contributed by atoms with Gasteiger partial charge >= 0.3 is 5.97 Å². The first-order valence-electron chi connectivity index (χ1n) is 5.94. The molecule has 1 aromatic carbocycles. The van der Waals surface area contributed by atoms with Crippen LogP contribution in [0.15, 0.2) is 22.7 Å². The molecule has 2 atom stereocenters. The van der Waals surface area contributed by atoms with Crippen molar-refractivity contribution in [1.82, 2.24) is 5.32 Å². The molecule has 5 nitrogen and oxygen atoms in total. The van der Waals surface area contributed by atoms with E-state index >= 15 is 0 Å². The first-order valence-corrected chi connectivity index (χ1v) is 6.74. The minimum absolute atomic E-state index is 0.147. The number of amides is 1. The molecule has 0 bridgehead atoms. The Bertz CT molecular complexity index is 471. The fraction of sp³-hybridized carbons (Fsp3) is 0.385. The molecule has 0 aliphatic carbocycles. The van der Waals surface area contributed by atoms with Crippen molar-refractivity contribution in [2.75, 3.05) is 5.73 Å². The first-order chi connectivity index (χ1) is 8.85. The molecule has 0 spiro atoms. The van der Waals surface area contributed by atoms with Gasteiger partial charge in [0.25, 0.3) is 5.91 Å². The van der Waals surface area contributed by atoms with Crippen molar-refractivity contribution in [1.29, 1.82) is 0 Å². The summed E-state index contributed by atoms with van der Waals surface area (Å²) in [6.45, 7) is 3.66. The van der Waals surface area contributed by atoms with Gasteiger partial charge in [0.2, 0.25) is 0 Å². The van der Waals surface area contributed by atoms with E-state index in [1.165, 1.54) is 6.07 Å². The van der Waals surface area contributed by atoms with Gasteiger partial charge in [-0.2, -0.15) is 0 Å². The number of aliphatic carboxylic acids is 1. The second kappa shape index (κ2) is 6.56. The summed E-state index contributed by atoms with van der Waals surface area (Å²) in [5.41, 5.74) is 6.42. The number of carboxylic acids is 1. The molecule has 1 amide bonds. The van der Waals surface area contributed by atoms with Gasteiger partial charge in [0, 0.05) is 15.7 Å². The fourth-order valence-electron chi connectivity index (χ4n) is 1.65. The van der Waals surface area contributed by atoms with Crippen molar-refractivity contribution in [3.8, 4) is 0 Å². The SMILES string of the molecule is CCC(C)[C@H](NC(=O)c1cc(N)cc(Br)c1)C(=O)O. The lowest BCUT2D eigenvalue weighted by Gasteiger charge is -2.20. The number of rotatable bonds is 5. The van der Waals surface area contributed by atoms with Crippen LogP contribution < -0.4 is 11.1 Å². The normalized spacial score (nSPS) is 13.6. The third kappa shape index (κ3) is 4.24. The number of nitrogens with one attached hydrogen (secondary N) is 1. The number of nitrogen functional groups attached to an aromatic ring is 1. The molecule has 0 aromatic heterocycles. The van der Waals surface area contributed by atoms with Gasteiger partial charge in [-0.15, -0.1) is 0 Å². The lowest BCUT2D eigenvalue weighted by atomic mass is 9.99. The Kier molecular flexibility index (Phi) is 5.35. The lowest BCUT2D eigenvalue weighted by molar-refractivity contribution is -0.140. The van der Waals surface area contributed by atoms with Crippen LogP contribution in [0.5, 0.6) is 0 Å². The quantitative estimate of drug-likeness (QED) is 0.723. The predicted octanol–water partition coefficient (Wildman–Crippen LogP) is 2.26. The molecule has 104 valence electrons. The van der Waals surface area contributed by atoms with Crippen LogP contribution in [0.2, 0.25) is 0 Å². The molecular weight excluding hydrogens is 312 g/mol. The third-order valence-corrected chi connectivity index (χ3v) is 3.41. The Morgan fingerprint density at radius 3 is 2.53 bits per heavy atom. The fourth-order valence-corrected chi connectivity index (χ4v) is 2.16. The average molecular weight is 329 g/mol. The maximum absolute atomic E-state index is 12.0. The Balaban J connectivity index is 2.90. The molecule has 1 unspecified atom stereocenters. The minimum Gasteiger partial charge on any atom is -0.480 e. The highest BCUT2D eigenvalue weighted by molar-refractivity contribution is 9.10. The van der Waals surface area contributed by atoms with E-state index in [0.717, 1.165) is 0 Å². The van der Waals surface area contributed by atoms with E-state index in [2.05, 4.69) is 21.2 Å². The zero-order valence-corrected chi connectivity index (χ0v) is 12.4. The third-order valence-electron chi connectivity index (χ3n) is 2.95. The van der Waals surface area contributed by atoms with E-state index in [1.807, 2.05) is 6.92 Å². The molecule has 0 saturated heterocycles. The number of hydrogen-bond acceptors (Lipinski definition) is 3. The summed E-state index contributed by atoms with van der Waals surface area (Å²) in [5.74, 6) is -1.63. The van der Waals surface area contributed by atoms with E-state index in [0.29, 0.717) is 22.1 Å². The smallest absolute Gasteiger partial charge is 0.326 e. The number of hydrogen-bond donors (Lipinski definition) is 3. The minimum atomic E-state index is -1.04. The van der Waals surface area contributed by atoms with Crippen molar-refractivity contribution < 1.29 is 14.7 Å². The van der Waals surface area contributed by atoms with E-state index in [4.69, 9.17) is 10.8 Å². The van der Waals surface area contributed by atoms with Gasteiger partial charge < -0.3 is 16.2 Å². The number of nitrogens with two attached hydrogens (primary N) is 1. The van der Waals surface area contributed by atoms with Crippen molar-refractivity contribution in [2.24, 2.45) is 5.92 Å². The van der Waals surface area contributed by atoms with Crippen molar-refractivity contribution >= 4 is 33.5 Å². The zero-order valence-electron chi connectivity index (χ0n) is 10.8. The van der Waals surface area contributed by atoms with Gasteiger partial charge in [-0.3, -0.25) is 4.79 Å². The van der Waals surface area contributed by atoms with Gasteiger partial charge in [0.05, 0.1) is 0 Å². The number of anilines is 1.